The van der Waals surface area contributed by atoms with Crippen molar-refractivity contribution in [2.75, 3.05) is 39.4 Å². The van der Waals surface area contributed by atoms with Crippen LogP contribution in [0.1, 0.15) is 16.4 Å². The van der Waals surface area contributed by atoms with E-state index in [4.69, 9.17) is 4.74 Å². The van der Waals surface area contributed by atoms with Crippen LogP contribution in [0.4, 0.5) is 0 Å². The number of morpholine rings is 1. The normalized spacial score (nSPS) is 19.3. The molecule has 26 heavy (non-hydrogen) atoms. The number of nitrogens with zero attached hydrogens (tertiary/aromatic N) is 5. The maximum atomic E-state index is 12.6. The molecule has 2 aliphatic rings. The third-order valence-corrected chi connectivity index (χ3v) is 6.53. The first-order chi connectivity index (χ1) is 12.6. The summed E-state index contributed by atoms with van der Waals surface area (Å²) in [5.41, 5.74) is 0.470. The molecule has 2 aliphatic heterocycles. The molecule has 10 heteroatoms. The van der Waals surface area contributed by atoms with Crippen molar-refractivity contribution >= 4 is 15.9 Å². The van der Waals surface area contributed by atoms with Crippen LogP contribution in [0.5, 0.6) is 0 Å². The van der Waals surface area contributed by atoms with E-state index >= 15 is 0 Å². The van der Waals surface area contributed by atoms with Crippen molar-refractivity contribution in [3.8, 4) is 0 Å². The second kappa shape index (κ2) is 6.78. The zero-order valence-electron chi connectivity index (χ0n) is 14.1. The molecule has 1 amide bonds. The Morgan fingerprint density at radius 3 is 2.27 bits per heavy atom. The summed E-state index contributed by atoms with van der Waals surface area (Å²) in [5.74, 6) is -0.122. The smallest absolute Gasteiger partial charge is 0.254 e. The third kappa shape index (κ3) is 3.11. The number of likely N-dealkylation sites (tertiary alicyclic amines) is 1. The fourth-order valence-corrected chi connectivity index (χ4v) is 4.48. The molecule has 138 valence electrons. The standard InChI is InChI=1S/C16H19N5O4S/c22-16(19-11-14(12-19)21-17-5-6-18-21)13-1-3-15(4-2-13)26(23,24)20-7-9-25-10-8-20/h1-6,14H,7-12H2. The number of hydrogen-bond donors (Lipinski definition) is 0. The topological polar surface area (TPSA) is 97.6 Å². The van der Waals surface area contributed by atoms with E-state index in [2.05, 4.69) is 10.2 Å². The summed E-state index contributed by atoms with van der Waals surface area (Å²) in [4.78, 5) is 16.0. The maximum Gasteiger partial charge on any atom is 0.254 e. The molecule has 9 nitrogen and oxygen atoms in total. The molecule has 0 aliphatic carbocycles. The molecule has 0 bridgehead atoms. The number of rotatable bonds is 4. The van der Waals surface area contributed by atoms with Crippen molar-refractivity contribution in [2.24, 2.45) is 0 Å². The summed E-state index contributed by atoms with van der Waals surface area (Å²) in [6.45, 7) is 2.58. The van der Waals surface area contributed by atoms with Gasteiger partial charge in [0.05, 0.1) is 30.5 Å². The molecule has 2 aromatic rings. The van der Waals surface area contributed by atoms with Crippen LogP contribution in [-0.2, 0) is 14.8 Å². The van der Waals surface area contributed by atoms with Gasteiger partial charge in [-0.2, -0.15) is 19.3 Å². The van der Waals surface area contributed by atoms with Crippen LogP contribution >= 0.6 is 0 Å². The highest BCUT2D eigenvalue weighted by atomic mass is 32.2. The van der Waals surface area contributed by atoms with E-state index in [-0.39, 0.29) is 16.8 Å². The van der Waals surface area contributed by atoms with Crippen LogP contribution in [0.3, 0.4) is 0 Å². The van der Waals surface area contributed by atoms with Crippen molar-refractivity contribution in [2.45, 2.75) is 10.9 Å². The van der Waals surface area contributed by atoms with E-state index in [0.717, 1.165) is 0 Å². The van der Waals surface area contributed by atoms with E-state index in [0.29, 0.717) is 45.0 Å². The van der Waals surface area contributed by atoms with Gasteiger partial charge in [-0.15, -0.1) is 0 Å². The van der Waals surface area contributed by atoms with Crippen molar-refractivity contribution in [1.82, 2.24) is 24.2 Å². The van der Waals surface area contributed by atoms with Crippen LogP contribution < -0.4 is 0 Å². The molecule has 4 rings (SSSR count). The van der Waals surface area contributed by atoms with Gasteiger partial charge in [0.25, 0.3) is 5.91 Å². The number of hydrogen-bond acceptors (Lipinski definition) is 6. The predicted octanol–water partition coefficient (Wildman–Crippen LogP) is -0.00390. The molecule has 0 atom stereocenters. The summed E-state index contributed by atoms with van der Waals surface area (Å²) < 4.78 is 31.8. The lowest BCUT2D eigenvalue weighted by Gasteiger charge is -2.38. The lowest BCUT2D eigenvalue weighted by atomic mass is 10.1. The highest BCUT2D eigenvalue weighted by Gasteiger charge is 2.34. The zero-order chi connectivity index (χ0) is 18.1. The van der Waals surface area contributed by atoms with Crippen LogP contribution in [0.2, 0.25) is 0 Å². The van der Waals surface area contributed by atoms with E-state index in [1.807, 2.05) is 0 Å². The second-order valence-corrected chi connectivity index (χ2v) is 8.19. The molecule has 0 unspecified atom stereocenters. The Kier molecular flexibility index (Phi) is 4.47. The zero-order valence-corrected chi connectivity index (χ0v) is 14.9. The van der Waals surface area contributed by atoms with Crippen molar-refractivity contribution in [3.63, 3.8) is 0 Å². The lowest BCUT2D eigenvalue weighted by Crippen LogP contribution is -2.51. The van der Waals surface area contributed by atoms with Gasteiger partial charge in [-0.25, -0.2) is 8.42 Å². The van der Waals surface area contributed by atoms with Gasteiger partial charge >= 0.3 is 0 Å². The van der Waals surface area contributed by atoms with Crippen molar-refractivity contribution in [1.29, 1.82) is 0 Å². The summed E-state index contributed by atoms with van der Waals surface area (Å²) in [7, 11) is -3.55. The second-order valence-electron chi connectivity index (χ2n) is 6.25. The Morgan fingerprint density at radius 1 is 1.04 bits per heavy atom. The first kappa shape index (κ1) is 17.1. The highest BCUT2D eigenvalue weighted by Crippen LogP contribution is 2.23. The number of amides is 1. The van der Waals surface area contributed by atoms with Gasteiger partial charge in [-0.1, -0.05) is 0 Å². The average Bonchev–Trinajstić information content (AvgIpc) is 3.15. The maximum absolute atomic E-state index is 12.6. The summed E-state index contributed by atoms with van der Waals surface area (Å²) >= 11 is 0. The Balaban J connectivity index is 1.42. The highest BCUT2D eigenvalue weighted by molar-refractivity contribution is 7.89. The van der Waals surface area contributed by atoms with E-state index in [1.165, 1.54) is 16.4 Å². The Hall–Kier alpha value is -2.30. The molecular weight excluding hydrogens is 358 g/mol. The summed E-state index contributed by atoms with van der Waals surface area (Å²) in [5, 5.41) is 8.15. The number of ether oxygens (including phenoxy) is 1. The number of carbonyl (C=O) groups excluding carboxylic acids is 1. The Labute approximate surface area is 151 Å². The van der Waals surface area contributed by atoms with Gasteiger partial charge in [-0.05, 0) is 24.3 Å². The molecule has 0 radical (unpaired) electrons. The minimum atomic E-state index is -3.55. The van der Waals surface area contributed by atoms with Crippen LogP contribution in [0.25, 0.3) is 0 Å². The Bertz CT molecular complexity index is 870. The first-order valence-electron chi connectivity index (χ1n) is 8.39. The fraction of sp³-hybridized carbons (Fsp3) is 0.438. The van der Waals surface area contributed by atoms with Crippen LogP contribution in [-0.4, -0.2) is 77.9 Å². The van der Waals surface area contributed by atoms with E-state index in [9.17, 15) is 13.2 Å². The number of carbonyl (C=O) groups is 1. The number of sulfonamides is 1. The number of aromatic nitrogens is 3. The predicted molar refractivity (Wildman–Crippen MR) is 91.0 cm³/mol. The number of benzene rings is 1. The fourth-order valence-electron chi connectivity index (χ4n) is 3.07. The molecule has 0 saturated carbocycles. The van der Waals surface area contributed by atoms with Crippen molar-refractivity contribution in [3.05, 3.63) is 42.2 Å². The van der Waals surface area contributed by atoms with Gasteiger partial charge < -0.3 is 9.64 Å². The SMILES string of the molecule is O=C(c1ccc(S(=O)(=O)N2CCOCC2)cc1)N1CC(n2nccn2)C1. The molecule has 2 fully saturated rings. The van der Waals surface area contributed by atoms with Crippen molar-refractivity contribution < 1.29 is 17.9 Å². The van der Waals surface area contributed by atoms with Crippen LogP contribution in [0, 0.1) is 0 Å². The quantitative estimate of drug-likeness (QED) is 0.744. The Morgan fingerprint density at radius 2 is 1.65 bits per heavy atom. The molecule has 2 saturated heterocycles. The summed E-state index contributed by atoms with van der Waals surface area (Å²) in [6.07, 6.45) is 3.22. The average molecular weight is 377 g/mol. The molecule has 0 spiro atoms. The van der Waals surface area contributed by atoms with Gasteiger partial charge in [0, 0.05) is 31.7 Å². The largest absolute Gasteiger partial charge is 0.379 e. The molecule has 1 aromatic carbocycles. The summed E-state index contributed by atoms with van der Waals surface area (Å²) in [6, 6.07) is 6.20. The lowest BCUT2D eigenvalue weighted by molar-refractivity contribution is 0.0476. The molecular formula is C16H19N5O4S. The minimum absolute atomic E-state index is 0.0925. The van der Waals surface area contributed by atoms with E-state index in [1.54, 1.807) is 34.2 Å². The first-order valence-corrected chi connectivity index (χ1v) is 9.83. The molecule has 3 heterocycles. The van der Waals surface area contributed by atoms with Gasteiger partial charge in [0.15, 0.2) is 0 Å². The molecule has 0 N–H and O–H groups in total. The van der Waals surface area contributed by atoms with Gasteiger partial charge in [0.2, 0.25) is 10.0 Å². The van der Waals surface area contributed by atoms with Crippen LogP contribution in [0.15, 0.2) is 41.6 Å². The molecule has 1 aromatic heterocycles. The minimum Gasteiger partial charge on any atom is -0.379 e. The van der Waals surface area contributed by atoms with E-state index < -0.39 is 10.0 Å². The van der Waals surface area contributed by atoms with Gasteiger partial charge in [-0.3, -0.25) is 4.79 Å². The third-order valence-electron chi connectivity index (χ3n) is 4.62. The monoisotopic (exact) mass is 377 g/mol. The van der Waals surface area contributed by atoms with Gasteiger partial charge in [0.1, 0.15) is 6.04 Å².